The molecule has 4 rings (SSSR count). The van der Waals surface area contributed by atoms with Crippen LogP contribution in [-0.4, -0.2) is 375 Å². The lowest BCUT2D eigenvalue weighted by Gasteiger charge is -2.43. The number of carboxylic acid groups (broad SMARTS) is 1. The van der Waals surface area contributed by atoms with Gasteiger partial charge in [0.2, 0.25) is 100 Å². The molecular weight excluding hydrogens is 1660 g/mol. The fourth-order valence-corrected chi connectivity index (χ4v) is 13.4. The highest BCUT2D eigenvalue weighted by molar-refractivity contribution is 6.01. The monoisotopic (exact) mass is 1780 g/mol. The highest BCUT2D eigenvalue weighted by atomic mass is 16.7. The molecular formula is C75H121N19O31. The molecule has 6 unspecified atom stereocenters. The highest BCUT2D eigenvalue weighted by Gasteiger charge is 2.50. The Bertz CT molecular complexity index is 3950. The number of aromatic amines is 1. The van der Waals surface area contributed by atoms with Crippen molar-refractivity contribution in [2.75, 3.05) is 46.1 Å². The largest absolute Gasteiger partial charge is 0.481 e. The number of aromatic nitrogens is 2. The number of ketones is 1. The number of H-pyrrole nitrogens is 1. The molecule has 17 amide bonds. The van der Waals surface area contributed by atoms with Crippen LogP contribution in [0.2, 0.25) is 0 Å². The predicted octanol–water partition coefficient (Wildman–Crippen LogP) is -13.4. The number of hydrogen-bond acceptors (Lipinski definition) is 31. The number of nitrogens with zero attached hydrogens (tertiary/aromatic N) is 3. The minimum Gasteiger partial charge on any atom is -0.481 e. The standard InChI is InChI=1S/C75H121N19O31/c1-30(2)20-44(73(122)93-18-14-17-49(93)68(117)89-53(31(3)4)70(119)91-56(37(10)102)72(121)84-42(34(7)99)22-52(106)107)85-67(116)48-16-15-19-94(48)74(123)57(38(11)124-75-58(82-40(13)104)60(109)59(108)50(28-98)125-75)92-62(111)33(6)79-63(112)43(21-41-23-76-29-78-41)83-51(105)24-77-69(118)54(35(8)100)90-66(115)47(27-97)86-61(110)32(5)80-64(113)45(25-95)87-65(114)46(26-96)88-71(120)55(36(9)101)81-39(12)103/h23,29-33,35-38,42-50,53-60,75,95-98,100-102,108-109H,14-22,24-28H2,1-13H3,(H,76,78)(H,77,118)(H,79,112)(H,80,113)(H,81,103)(H,82,104)(H,83,105)(H,84,121)(H,85,116)(H,86,110)(H,87,114)(H,88,120)(H,89,117)(H,90,115)(H,91,119)(H,92,111)(H,106,107)/t32-,33-,35?,36?,37?,38?,42-,43-,44-,45-,46-,47-,48-,49-,50-,53-,54-,55-,56-,57-,58?,59-,60?,75-/m0/s1. The predicted molar refractivity (Wildman–Crippen MR) is 426 cm³/mol. The fraction of sp³-hybridized carbons (Fsp3) is 0.707. The first-order chi connectivity index (χ1) is 58.5. The maximum absolute atomic E-state index is 15.4. The first-order valence-corrected chi connectivity index (χ1v) is 40.4. The number of carboxylic acids is 1. The Morgan fingerprint density at radius 3 is 1.42 bits per heavy atom. The quantitative estimate of drug-likeness (QED) is 0.0288. The SMILES string of the molecule is CC(=O)NC1C(O)[C@@H](O)[C@H](CO)O[C@@H]1OC(C)[C@H](NC(=O)[C@H](C)NC(=O)[C@H](Cc1cnc[nH]1)NC(=O)CNC(=O)[C@@H](NC(=O)[C@H](CO)NC(=O)[C@H](C)NC(=O)[C@H](CO)NC(=O)[C@H](CO)NC(=O)[C@@H](NC(C)=O)C(C)O)C(C)O)C(=O)N1CCC[C@H]1C(=O)N[C@@H](CC(C)C)C(=O)N1CCC[C@H]1C(=O)N[C@H](C(=O)N[C@H](C(=O)N[C@@H](CC(=O)O)C(C)=O)C(C)O)C(C)C. The molecule has 50 nitrogen and oxygen atoms in total. The van der Waals surface area contributed by atoms with Crippen LogP contribution in [0.3, 0.4) is 0 Å². The second-order valence-electron chi connectivity index (χ2n) is 31.5. The van der Waals surface area contributed by atoms with Gasteiger partial charge in [-0.25, -0.2) is 4.98 Å². The van der Waals surface area contributed by atoms with Gasteiger partial charge in [-0.3, -0.25) is 91.1 Å². The van der Waals surface area contributed by atoms with Crippen molar-refractivity contribution in [2.45, 2.75) is 281 Å². The highest BCUT2D eigenvalue weighted by Crippen LogP contribution is 2.28. The normalized spacial score (nSPS) is 21.6. The first-order valence-electron chi connectivity index (χ1n) is 40.4. The summed E-state index contributed by atoms with van der Waals surface area (Å²) in [5.41, 5.74) is 0.211. The van der Waals surface area contributed by atoms with E-state index in [0.29, 0.717) is 0 Å². The van der Waals surface area contributed by atoms with Gasteiger partial charge in [0, 0.05) is 45.2 Å². The molecule has 1 aromatic rings. The van der Waals surface area contributed by atoms with Crippen LogP contribution in [0.1, 0.15) is 134 Å². The second-order valence-corrected chi connectivity index (χ2v) is 31.5. The topological polar surface area (TPSA) is 761 Å². The van der Waals surface area contributed by atoms with Crippen molar-refractivity contribution in [3.63, 3.8) is 0 Å². The van der Waals surface area contributed by atoms with Crippen LogP contribution in [0.4, 0.5) is 0 Å². The van der Waals surface area contributed by atoms with Gasteiger partial charge in [0.05, 0.1) is 76.2 Å². The summed E-state index contributed by atoms with van der Waals surface area (Å²) in [4.78, 5) is 265. The second kappa shape index (κ2) is 50.1. The van der Waals surface area contributed by atoms with E-state index >= 15 is 4.79 Å². The summed E-state index contributed by atoms with van der Waals surface area (Å²) < 4.78 is 12.0. The zero-order valence-corrected chi connectivity index (χ0v) is 71.5. The number of hydrogen-bond donors (Lipinski definition) is 26. The van der Waals surface area contributed by atoms with Gasteiger partial charge in [0.1, 0.15) is 109 Å². The fourth-order valence-electron chi connectivity index (χ4n) is 13.4. The molecule has 0 aromatic carbocycles. The first kappa shape index (κ1) is 106. The Morgan fingerprint density at radius 1 is 0.496 bits per heavy atom. The zero-order chi connectivity index (χ0) is 94.5. The molecule has 0 spiro atoms. The van der Waals surface area contributed by atoms with Crippen molar-refractivity contribution < 1.29 is 152 Å². The molecule has 24 atom stereocenters. The Morgan fingerprint density at radius 2 is 0.944 bits per heavy atom. The van der Waals surface area contributed by atoms with Crippen LogP contribution in [0.5, 0.6) is 0 Å². The van der Waals surface area contributed by atoms with Crippen molar-refractivity contribution in [3.05, 3.63) is 18.2 Å². The van der Waals surface area contributed by atoms with Crippen LogP contribution < -0.4 is 79.8 Å². The lowest BCUT2D eigenvalue weighted by atomic mass is 9.96. The van der Waals surface area contributed by atoms with E-state index in [4.69, 9.17) is 9.47 Å². The lowest BCUT2D eigenvalue weighted by molar-refractivity contribution is -0.281. The molecule has 0 bridgehead atoms. The molecule has 3 aliphatic rings. The third kappa shape index (κ3) is 31.8. The average molecular weight is 1780 g/mol. The summed E-state index contributed by atoms with van der Waals surface area (Å²) in [6.45, 7) is 10.9. The molecule has 0 saturated carbocycles. The van der Waals surface area contributed by atoms with E-state index < -0.39 is 310 Å². The van der Waals surface area contributed by atoms with Gasteiger partial charge < -0.3 is 155 Å². The number of aliphatic hydroxyl groups excluding tert-OH is 9. The van der Waals surface area contributed by atoms with E-state index in [1.54, 1.807) is 27.7 Å². The maximum Gasteiger partial charge on any atom is 0.305 e. The maximum atomic E-state index is 15.4. The van der Waals surface area contributed by atoms with Gasteiger partial charge in [0.15, 0.2) is 12.1 Å². The number of nitrogens with one attached hydrogen (secondary N) is 16. The third-order valence-electron chi connectivity index (χ3n) is 20.3. The Labute approximate surface area is 717 Å². The van der Waals surface area contributed by atoms with Gasteiger partial charge in [0.25, 0.3) is 0 Å². The number of carbonyl (C=O) groups excluding carboxylic acids is 18. The molecule has 3 saturated heterocycles. The number of ether oxygens (including phenoxy) is 2. The number of carbonyl (C=O) groups is 19. The number of Topliss-reactive ketones (excluding diaryl/α,β-unsaturated/α-hetero) is 1. The minimum absolute atomic E-state index is 0.0195. The third-order valence-corrected chi connectivity index (χ3v) is 20.3. The number of aliphatic hydroxyl groups is 9. The van der Waals surface area contributed by atoms with Crippen LogP contribution in [0.25, 0.3) is 0 Å². The Balaban J connectivity index is 1.54. The summed E-state index contributed by atoms with van der Waals surface area (Å²) in [7, 11) is 0. The van der Waals surface area contributed by atoms with E-state index in [2.05, 4.69) is 84.4 Å². The molecule has 26 N–H and O–H groups in total. The average Bonchev–Trinajstić information content (AvgIpc) is 1.37. The summed E-state index contributed by atoms with van der Waals surface area (Å²) in [5.74, 6) is -21.0. The minimum atomic E-state index is -1.96. The van der Waals surface area contributed by atoms with Crippen molar-refractivity contribution in [1.82, 2.24) is 99.5 Å². The zero-order valence-electron chi connectivity index (χ0n) is 71.5. The Hall–Kier alpha value is -11.1. The van der Waals surface area contributed by atoms with Crippen molar-refractivity contribution in [3.8, 4) is 0 Å². The molecule has 0 aliphatic carbocycles. The van der Waals surface area contributed by atoms with Crippen LogP contribution in [-0.2, 0) is 107 Å². The summed E-state index contributed by atoms with van der Waals surface area (Å²) >= 11 is 0. The summed E-state index contributed by atoms with van der Waals surface area (Å²) in [5, 5.41) is 137. The smallest absolute Gasteiger partial charge is 0.305 e. The molecule has 0 radical (unpaired) electrons. The van der Waals surface area contributed by atoms with Crippen molar-refractivity contribution in [2.24, 2.45) is 11.8 Å². The molecule has 125 heavy (non-hydrogen) atoms. The molecule has 702 valence electrons. The number of aliphatic carboxylic acids is 1. The molecule has 50 heteroatoms. The van der Waals surface area contributed by atoms with Crippen LogP contribution in [0.15, 0.2) is 12.5 Å². The number of likely N-dealkylation sites (tertiary alicyclic amines) is 2. The summed E-state index contributed by atoms with van der Waals surface area (Å²) in [6.07, 6.45) is -12.0. The number of amides is 17. The van der Waals surface area contributed by atoms with Crippen LogP contribution in [0, 0.1) is 11.8 Å². The van der Waals surface area contributed by atoms with E-state index in [1.807, 2.05) is 5.32 Å². The summed E-state index contributed by atoms with van der Waals surface area (Å²) in [6, 6.07) is -26.4. The van der Waals surface area contributed by atoms with Gasteiger partial charge in [-0.1, -0.05) is 27.7 Å². The molecule has 3 fully saturated rings. The Kier molecular flexibility index (Phi) is 42.6. The number of rotatable bonds is 48. The van der Waals surface area contributed by atoms with E-state index in [9.17, 15) is 137 Å². The van der Waals surface area contributed by atoms with Gasteiger partial charge in [-0.05, 0) is 92.4 Å². The molecule has 1 aromatic heterocycles. The lowest BCUT2D eigenvalue weighted by Crippen LogP contribution is -2.66. The van der Waals surface area contributed by atoms with E-state index in [0.717, 1.165) is 60.3 Å². The van der Waals surface area contributed by atoms with Gasteiger partial charge >= 0.3 is 5.97 Å². The number of imidazole rings is 1. The van der Waals surface area contributed by atoms with E-state index in [1.165, 1.54) is 24.3 Å². The van der Waals surface area contributed by atoms with E-state index in [-0.39, 0.29) is 56.8 Å². The molecule has 3 aliphatic heterocycles. The molecule has 4 heterocycles. The van der Waals surface area contributed by atoms with Crippen molar-refractivity contribution >= 4 is 112 Å². The van der Waals surface area contributed by atoms with Gasteiger partial charge in [-0.15, -0.1) is 0 Å². The van der Waals surface area contributed by atoms with Crippen molar-refractivity contribution in [1.29, 1.82) is 0 Å². The van der Waals surface area contributed by atoms with Gasteiger partial charge in [-0.2, -0.15) is 0 Å². The van der Waals surface area contributed by atoms with Crippen LogP contribution >= 0.6 is 0 Å².